The number of carbonyl (C=O) groups excluding carboxylic acids is 1. The first-order valence-electron chi connectivity index (χ1n) is 10.2. The third-order valence-corrected chi connectivity index (χ3v) is 5.64. The van der Waals surface area contributed by atoms with Crippen molar-refractivity contribution < 1.29 is 9.18 Å². The molecule has 0 aliphatic heterocycles. The van der Waals surface area contributed by atoms with Crippen LogP contribution in [0.3, 0.4) is 0 Å². The quantitative estimate of drug-likeness (QED) is 0.407. The Kier molecular flexibility index (Phi) is 6.55. The van der Waals surface area contributed by atoms with E-state index >= 15 is 0 Å². The van der Waals surface area contributed by atoms with Gasteiger partial charge in [0.2, 0.25) is 17.8 Å². The van der Waals surface area contributed by atoms with Gasteiger partial charge in [-0.2, -0.15) is 15.0 Å². The third kappa shape index (κ3) is 5.66. The minimum absolute atomic E-state index is 0.118. The zero-order valence-corrected chi connectivity index (χ0v) is 19.2. The van der Waals surface area contributed by atoms with Gasteiger partial charge in [-0.1, -0.05) is 24.3 Å². The summed E-state index contributed by atoms with van der Waals surface area (Å²) in [5.41, 5.74) is 2.51. The van der Waals surface area contributed by atoms with Gasteiger partial charge in [-0.3, -0.25) is 10.1 Å². The van der Waals surface area contributed by atoms with Crippen molar-refractivity contribution in [1.29, 1.82) is 0 Å². The SMILES string of the molecule is Cc1nc(Nc2ncc(CC(=O)Nc3cccc(F)c3)s2)nc(N(C)c2ccccc2C)n1. The molecule has 0 aliphatic rings. The lowest BCUT2D eigenvalue weighted by Gasteiger charge is -2.19. The number of halogens is 1. The first kappa shape index (κ1) is 22.3. The highest BCUT2D eigenvalue weighted by molar-refractivity contribution is 7.15. The average Bonchev–Trinajstić information content (AvgIpc) is 3.19. The number of hydrogen-bond acceptors (Lipinski definition) is 8. The van der Waals surface area contributed by atoms with E-state index in [1.807, 2.05) is 43.1 Å². The second kappa shape index (κ2) is 9.70. The van der Waals surface area contributed by atoms with Crippen molar-refractivity contribution >= 4 is 45.6 Å². The van der Waals surface area contributed by atoms with Crippen LogP contribution in [0.2, 0.25) is 0 Å². The Morgan fingerprint density at radius 2 is 1.91 bits per heavy atom. The maximum atomic E-state index is 13.3. The number of nitrogens with zero attached hydrogens (tertiary/aromatic N) is 5. The summed E-state index contributed by atoms with van der Waals surface area (Å²) >= 11 is 1.32. The van der Waals surface area contributed by atoms with Crippen LogP contribution in [0.5, 0.6) is 0 Å². The highest BCUT2D eigenvalue weighted by Crippen LogP contribution is 2.26. The fraction of sp³-hybridized carbons (Fsp3) is 0.174. The van der Waals surface area contributed by atoms with Crippen LogP contribution in [-0.2, 0) is 11.2 Å². The number of para-hydroxylation sites is 1. The van der Waals surface area contributed by atoms with Crippen LogP contribution in [0.15, 0.2) is 54.7 Å². The van der Waals surface area contributed by atoms with Crippen LogP contribution < -0.4 is 15.5 Å². The summed E-state index contributed by atoms with van der Waals surface area (Å²) in [6, 6.07) is 13.8. The summed E-state index contributed by atoms with van der Waals surface area (Å²) in [4.78, 5) is 32.6. The second-order valence-corrected chi connectivity index (χ2v) is 8.46. The van der Waals surface area contributed by atoms with Gasteiger partial charge in [0.15, 0.2) is 5.13 Å². The standard InChI is InChI=1S/C23H22FN7OS/c1-14-7-4-5-10-19(14)31(3)22-27-15(2)26-21(29-22)30-23-25-13-18(33-23)12-20(32)28-17-9-6-8-16(24)11-17/h4-11,13H,12H2,1-3H3,(H,28,32)(H,25,26,27,29,30). The monoisotopic (exact) mass is 463 g/mol. The fourth-order valence-corrected chi connectivity index (χ4v) is 4.00. The molecule has 2 N–H and O–H groups in total. The number of thiazole rings is 1. The van der Waals surface area contributed by atoms with Gasteiger partial charge in [0.05, 0.1) is 6.42 Å². The minimum Gasteiger partial charge on any atom is -0.326 e. The van der Waals surface area contributed by atoms with Crippen molar-refractivity contribution in [3.8, 4) is 0 Å². The number of amides is 1. The van der Waals surface area contributed by atoms with E-state index in [4.69, 9.17) is 0 Å². The fourth-order valence-electron chi connectivity index (χ4n) is 3.19. The summed E-state index contributed by atoms with van der Waals surface area (Å²) < 4.78 is 13.3. The van der Waals surface area contributed by atoms with Crippen LogP contribution in [-0.4, -0.2) is 32.9 Å². The van der Waals surface area contributed by atoms with Gasteiger partial charge < -0.3 is 10.2 Å². The first-order chi connectivity index (χ1) is 15.9. The molecule has 0 bridgehead atoms. The molecule has 33 heavy (non-hydrogen) atoms. The Morgan fingerprint density at radius 3 is 2.70 bits per heavy atom. The topological polar surface area (TPSA) is 95.9 Å². The lowest BCUT2D eigenvalue weighted by molar-refractivity contribution is -0.115. The van der Waals surface area contributed by atoms with E-state index in [0.717, 1.165) is 16.1 Å². The molecule has 0 radical (unpaired) electrons. The van der Waals surface area contributed by atoms with Crippen LogP contribution in [0.4, 0.5) is 32.8 Å². The summed E-state index contributed by atoms with van der Waals surface area (Å²) in [5.74, 6) is 0.772. The molecule has 2 aromatic heterocycles. The van der Waals surface area contributed by atoms with Gasteiger partial charge in [-0.05, 0) is 43.7 Å². The van der Waals surface area contributed by atoms with Crippen LogP contribution in [0.1, 0.15) is 16.3 Å². The maximum Gasteiger partial charge on any atom is 0.234 e. The lowest BCUT2D eigenvalue weighted by Crippen LogP contribution is -2.16. The molecular weight excluding hydrogens is 441 g/mol. The number of aryl methyl sites for hydroxylation is 2. The number of aromatic nitrogens is 4. The zero-order valence-electron chi connectivity index (χ0n) is 18.3. The molecule has 8 nitrogen and oxygen atoms in total. The Bertz CT molecular complexity index is 1290. The van der Waals surface area contributed by atoms with Crippen molar-refractivity contribution in [2.24, 2.45) is 0 Å². The molecule has 0 unspecified atom stereocenters. The first-order valence-corrected chi connectivity index (χ1v) is 11.0. The molecule has 0 saturated carbocycles. The van der Waals surface area contributed by atoms with E-state index in [0.29, 0.717) is 28.5 Å². The van der Waals surface area contributed by atoms with Crippen molar-refractivity contribution in [3.05, 3.63) is 76.8 Å². The molecule has 0 fully saturated rings. The molecule has 0 atom stereocenters. The van der Waals surface area contributed by atoms with Crippen molar-refractivity contribution in [2.75, 3.05) is 22.6 Å². The molecule has 0 aliphatic carbocycles. The van der Waals surface area contributed by atoms with Gasteiger partial charge in [-0.15, -0.1) is 11.3 Å². The predicted molar refractivity (Wildman–Crippen MR) is 128 cm³/mol. The third-order valence-electron chi connectivity index (χ3n) is 4.73. The van der Waals surface area contributed by atoms with E-state index in [9.17, 15) is 9.18 Å². The number of rotatable bonds is 7. The summed E-state index contributed by atoms with van der Waals surface area (Å²) in [6.07, 6.45) is 1.74. The Balaban J connectivity index is 1.44. The van der Waals surface area contributed by atoms with Gasteiger partial charge in [0, 0.05) is 29.5 Å². The van der Waals surface area contributed by atoms with E-state index in [2.05, 4.69) is 30.6 Å². The highest BCUT2D eigenvalue weighted by Gasteiger charge is 2.14. The molecule has 1 amide bonds. The van der Waals surface area contributed by atoms with Gasteiger partial charge >= 0.3 is 0 Å². The Hall–Kier alpha value is -3.92. The maximum absolute atomic E-state index is 13.3. The van der Waals surface area contributed by atoms with Crippen LogP contribution in [0.25, 0.3) is 0 Å². The van der Waals surface area contributed by atoms with E-state index < -0.39 is 5.82 Å². The van der Waals surface area contributed by atoms with Crippen LogP contribution >= 0.6 is 11.3 Å². The number of benzene rings is 2. The molecule has 2 heterocycles. The Labute approximate surface area is 194 Å². The van der Waals surface area contributed by atoms with Gasteiger partial charge in [-0.25, -0.2) is 9.37 Å². The molecule has 2 aromatic carbocycles. The molecule has 10 heteroatoms. The van der Waals surface area contributed by atoms with Crippen molar-refractivity contribution in [3.63, 3.8) is 0 Å². The molecule has 4 aromatic rings. The lowest BCUT2D eigenvalue weighted by atomic mass is 10.2. The normalized spacial score (nSPS) is 10.7. The molecule has 168 valence electrons. The molecular formula is C23H22FN7OS. The van der Waals surface area contributed by atoms with E-state index in [1.165, 1.54) is 23.5 Å². The number of carbonyl (C=O) groups is 1. The highest BCUT2D eigenvalue weighted by atomic mass is 32.1. The number of nitrogens with one attached hydrogen (secondary N) is 2. The molecule has 0 spiro atoms. The molecule has 0 saturated heterocycles. The van der Waals surface area contributed by atoms with Crippen molar-refractivity contribution in [1.82, 2.24) is 19.9 Å². The van der Waals surface area contributed by atoms with Crippen molar-refractivity contribution in [2.45, 2.75) is 20.3 Å². The van der Waals surface area contributed by atoms with Gasteiger partial charge in [0.25, 0.3) is 0 Å². The summed E-state index contributed by atoms with van der Waals surface area (Å²) in [7, 11) is 1.90. The summed E-state index contributed by atoms with van der Waals surface area (Å²) in [6.45, 7) is 3.83. The van der Waals surface area contributed by atoms with E-state index in [-0.39, 0.29) is 12.3 Å². The largest absolute Gasteiger partial charge is 0.326 e. The average molecular weight is 464 g/mol. The summed E-state index contributed by atoms with van der Waals surface area (Å²) in [5, 5.41) is 6.33. The van der Waals surface area contributed by atoms with Gasteiger partial charge in [0.1, 0.15) is 11.6 Å². The number of anilines is 5. The zero-order chi connectivity index (χ0) is 23.4. The second-order valence-electron chi connectivity index (χ2n) is 7.34. The Morgan fingerprint density at radius 1 is 1.09 bits per heavy atom. The van der Waals surface area contributed by atoms with Crippen LogP contribution in [0, 0.1) is 19.7 Å². The molecule has 4 rings (SSSR count). The van der Waals surface area contributed by atoms with E-state index in [1.54, 1.807) is 25.3 Å². The number of hydrogen-bond donors (Lipinski definition) is 2. The minimum atomic E-state index is -0.405. The smallest absolute Gasteiger partial charge is 0.234 e. The predicted octanol–water partition coefficient (Wildman–Crippen LogP) is 4.78.